The van der Waals surface area contributed by atoms with Gasteiger partial charge in [-0.05, 0) is 26.7 Å². The monoisotopic (exact) mass is 257 g/mol. The number of aromatic nitrogens is 1. The highest BCUT2D eigenvalue weighted by Gasteiger charge is 2.11. The van der Waals surface area contributed by atoms with Crippen molar-refractivity contribution < 1.29 is 4.74 Å². The smallest absolute Gasteiger partial charge is 0.0946 e. The first kappa shape index (κ1) is 14.6. The Morgan fingerprint density at radius 2 is 2.18 bits per heavy atom. The minimum absolute atomic E-state index is 0.247. The summed E-state index contributed by atoms with van der Waals surface area (Å²) < 4.78 is 5.47. The van der Waals surface area contributed by atoms with Gasteiger partial charge in [-0.1, -0.05) is 6.92 Å². The van der Waals surface area contributed by atoms with Crippen molar-refractivity contribution in [3.05, 3.63) is 15.6 Å². The topological polar surface area (TPSA) is 60.2 Å². The molecule has 1 aromatic heterocycles. The van der Waals surface area contributed by atoms with Gasteiger partial charge in [-0.3, -0.25) is 11.3 Å². The second-order valence-electron chi connectivity index (χ2n) is 4.22. The van der Waals surface area contributed by atoms with Crippen LogP contribution in [0.25, 0.3) is 0 Å². The number of nitrogens with two attached hydrogens (primary N) is 1. The first-order valence-electron chi connectivity index (χ1n) is 6.14. The number of hydrazine groups is 1. The van der Waals surface area contributed by atoms with Gasteiger partial charge in [0, 0.05) is 30.6 Å². The van der Waals surface area contributed by atoms with Crippen LogP contribution in [-0.2, 0) is 11.2 Å². The number of nitrogens with zero attached hydrogens (tertiary/aromatic N) is 1. The van der Waals surface area contributed by atoms with Crippen molar-refractivity contribution in [2.45, 2.75) is 46.1 Å². The summed E-state index contributed by atoms with van der Waals surface area (Å²) in [6.45, 7) is 7.84. The van der Waals surface area contributed by atoms with Crippen LogP contribution in [0.3, 0.4) is 0 Å². The van der Waals surface area contributed by atoms with Crippen LogP contribution in [0.1, 0.15) is 35.3 Å². The van der Waals surface area contributed by atoms with Gasteiger partial charge in [0.2, 0.25) is 0 Å². The van der Waals surface area contributed by atoms with Gasteiger partial charge in [-0.15, -0.1) is 11.3 Å². The number of hydrogen-bond acceptors (Lipinski definition) is 5. The first-order valence-corrected chi connectivity index (χ1v) is 6.95. The molecule has 4 nitrogen and oxygen atoms in total. The van der Waals surface area contributed by atoms with Crippen LogP contribution in [0.2, 0.25) is 0 Å². The van der Waals surface area contributed by atoms with Gasteiger partial charge in [0.15, 0.2) is 0 Å². The van der Waals surface area contributed by atoms with E-state index in [0.717, 1.165) is 43.2 Å². The number of rotatable bonds is 8. The van der Waals surface area contributed by atoms with E-state index in [1.165, 1.54) is 4.88 Å². The zero-order valence-corrected chi connectivity index (χ0v) is 11.8. The lowest BCUT2D eigenvalue weighted by molar-refractivity contribution is 0.124. The van der Waals surface area contributed by atoms with E-state index in [1.807, 2.05) is 6.92 Å². The van der Waals surface area contributed by atoms with Crippen LogP contribution >= 0.6 is 11.3 Å². The lowest BCUT2D eigenvalue weighted by Crippen LogP contribution is -2.37. The van der Waals surface area contributed by atoms with Gasteiger partial charge >= 0.3 is 0 Å². The van der Waals surface area contributed by atoms with E-state index in [0.29, 0.717) is 0 Å². The highest BCUT2D eigenvalue weighted by molar-refractivity contribution is 7.11. The highest BCUT2D eigenvalue weighted by Crippen LogP contribution is 2.18. The van der Waals surface area contributed by atoms with Crippen molar-refractivity contribution in [1.29, 1.82) is 0 Å². The normalized spacial score (nSPS) is 12.9. The predicted octanol–water partition coefficient (Wildman–Crippen LogP) is 1.95. The fraction of sp³-hybridized carbons (Fsp3) is 0.750. The van der Waals surface area contributed by atoms with E-state index in [9.17, 15) is 0 Å². The third kappa shape index (κ3) is 5.12. The third-order valence-corrected chi connectivity index (χ3v) is 3.78. The molecule has 0 aliphatic carbocycles. The lowest BCUT2D eigenvalue weighted by Gasteiger charge is -2.14. The van der Waals surface area contributed by atoms with E-state index in [1.54, 1.807) is 11.3 Å². The van der Waals surface area contributed by atoms with Crippen molar-refractivity contribution in [1.82, 2.24) is 10.4 Å². The fourth-order valence-electron chi connectivity index (χ4n) is 1.55. The van der Waals surface area contributed by atoms with Crippen molar-refractivity contribution in [3.63, 3.8) is 0 Å². The summed E-state index contributed by atoms with van der Waals surface area (Å²) in [7, 11) is 0. The second kappa shape index (κ2) is 7.76. The maximum atomic E-state index is 5.55. The van der Waals surface area contributed by atoms with Crippen LogP contribution in [0, 0.1) is 13.8 Å². The lowest BCUT2D eigenvalue weighted by atomic mass is 10.1. The molecule has 98 valence electrons. The van der Waals surface area contributed by atoms with Crippen molar-refractivity contribution >= 4 is 11.3 Å². The average Bonchev–Trinajstić information content (AvgIpc) is 2.62. The summed E-state index contributed by atoms with van der Waals surface area (Å²) in [4.78, 5) is 5.81. The number of thiazole rings is 1. The molecule has 17 heavy (non-hydrogen) atoms. The molecule has 0 spiro atoms. The number of aryl methyl sites for hydroxylation is 2. The Morgan fingerprint density at radius 1 is 1.41 bits per heavy atom. The molecule has 0 radical (unpaired) electrons. The Balaban J connectivity index is 2.35. The molecule has 1 unspecified atom stereocenters. The highest BCUT2D eigenvalue weighted by atomic mass is 32.1. The molecule has 0 aliphatic heterocycles. The number of hydrogen-bond donors (Lipinski definition) is 2. The predicted molar refractivity (Wildman–Crippen MR) is 72.1 cm³/mol. The number of nitrogens with one attached hydrogen (secondary N) is 1. The van der Waals surface area contributed by atoms with Gasteiger partial charge in [0.05, 0.1) is 10.7 Å². The molecule has 0 aliphatic rings. The SMILES string of the molecule is CCCOCCC(Cc1nc(C)c(C)s1)NN. The van der Waals surface area contributed by atoms with Gasteiger partial charge in [0.1, 0.15) is 0 Å². The Labute approximate surface area is 108 Å². The molecule has 1 aromatic rings. The van der Waals surface area contributed by atoms with Crippen molar-refractivity contribution in [2.75, 3.05) is 13.2 Å². The maximum absolute atomic E-state index is 5.55. The molecular formula is C12H23N3OS. The van der Waals surface area contributed by atoms with Crippen molar-refractivity contribution in [3.8, 4) is 0 Å². The summed E-state index contributed by atoms with van der Waals surface area (Å²) >= 11 is 1.75. The van der Waals surface area contributed by atoms with Crippen LogP contribution in [-0.4, -0.2) is 24.2 Å². The Morgan fingerprint density at radius 3 is 2.71 bits per heavy atom. The third-order valence-electron chi connectivity index (χ3n) is 2.69. The van der Waals surface area contributed by atoms with E-state index < -0.39 is 0 Å². The first-order chi connectivity index (χ1) is 8.17. The van der Waals surface area contributed by atoms with Gasteiger partial charge in [-0.2, -0.15) is 0 Å². The quantitative estimate of drug-likeness (QED) is 0.424. The molecule has 0 amide bonds. The minimum Gasteiger partial charge on any atom is -0.381 e. The molecule has 0 aromatic carbocycles. The Bertz CT molecular complexity index is 308. The molecule has 1 atom stereocenters. The van der Waals surface area contributed by atoms with Crippen molar-refractivity contribution in [2.24, 2.45) is 5.84 Å². The minimum atomic E-state index is 0.247. The van der Waals surface area contributed by atoms with E-state index in [2.05, 4.69) is 24.3 Å². The Kier molecular flexibility index (Phi) is 6.65. The van der Waals surface area contributed by atoms with E-state index in [4.69, 9.17) is 10.6 Å². The summed E-state index contributed by atoms with van der Waals surface area (Å²) in [6, 6.07) is 0.247. The standard InChI is InChI=1S/C12H23N3OS/c1-4-6-16-7-5-11(15-13)8-12-14-9(2)10(3)17-12/h11,15H,4-8,13H2,1-3H3. The van der Waals surface area contributed by atoms with Crippen LogP contribution in [0.15, 0.2) is 0 Å². The molecule has 5 heteroatoms. The molecule has 1 rings (SSSR count). The number of ether oxygens (including phenoxy) is 1. The zero-order chi connectivity index (χ0) is 12.7. The van der Waals surface area contributed by atoms with Crippen LogP contribution in [0.5, 0.6) is 0 Å². The van der Waals surface area contributed by atoms with Gasteiger partial charge in [-0.25, -0.2) is 4.98 Å². The fourth-order valence-corrected chi connectivity index (χ4v) is 2.57. The van der Waals surface area contributed by atoms with Gasteiger partial charge in [0.25, 0.3) is 0 Å². The maximum Gasteiger partial charge on any atom is 0.0946 e. The molecular weight excluding hydrogens is 234 g/mol. The van der Waals surface area contributed by atoms with E-state index >= 15 is 0 Å². The molecule has 3 N–H and O–H groups in total. The van der Waals surface area contributed by atoms with Crippen LogP contribution in [0.4, 0.5) is 0 Å². The zero-order valence-electron chi connectivity index (χ0n) is 11.0. The summed E-state index contributed by atoms with van der Waals surface area (Å²) in [5.74, 6) is 5.55. The average molecular weight is 257 g/mol. The summed E-state index contributed by atoms with van der Waals surface area (Å²) in [6.07, 6.45) is 2.87. The van der Waals surface area contributed by atoms with E-state index in [-0.39, 0.29) is 6.04 Å². The second-order valence-corrected chi connectivity index (χ2v) is 5.51. The molecule has 0 bridgehead atoms. The summed E-state index contributed by atoms with van der Waals surface area (Å²) in [5.41, 5.74) is 3.97. The molecule has 0 fully saturated rings. The molecule has 1 heterocycles. The molecule has 0 saturated carbocycles. The van der Waals surface area contributed by atoms with Crippen LogP contribution < -0.4 is 11.3 Å². The Hall–Kier alpha value is -0.490. The molecule has 0 saturated heterocycles. The summed E-state index contributed by atoms with van der Waals surface area (Å²) in [5, 5.41) is 1.15. The largest absolute Gasteiger partial charge is 0.381 e. The van der Waals surface area contributed by atoms with Gasteiger partial charge < -0.3 is 4.74 Å².